The Morgan fingerprint density at radius 3 is 2.50 bits per heavy atom. The summed E-state index contributed by atoms with van der Waals surface area (Å²) in [4.78, 5) is 0. The summed E-state index contributed by atoms with van der Waals surface area (Å²) in [5, 5.41) is 4.73. The van der Waals surface area contributed by atoms with Gasteiger partial charge in [-0.3, -0.25) is 0 Å². The molecule has 1 spiro atoms. The van der Waals surface area contributed by atoms with E-state index < -0.39 is 16.0 Å². The molecule has 1 saturated heterocycles. The van der Waals surface area contributed by atoms with Crippen molar-refractivity contribution < 1.29 is 17.9 Å². The maximum atomic E-state index is 12.8. The fourth-order valence-corrected chi connectivity index (χ4v) is 6.74. The van der Waals surface area contributed by atoms with Gasteiger partial charge < -0.3 is 9.47 Å². The van der Waals surface area contributed by atoms with Crippen molar-refractivity contribution in [1.82, 2.24) is 13.5 Å². The van der Waals surface area contributed by atoms with Gasteiger partial charge in [0.15, 0.2) is 5.79 Å². The van der Waals surface area contributed by atoms with Gasteiger partial charge in [-0.2, -0.15) is 21.9 Å². The monoisotopic (exact) mass is 431 g/mol. The minimum atomic E-state index is -3.66. The number of rotatable bonds is 3. The van der Waals surface area contributed by atoms with E-state index in [2.05, 4.69) is 31.2 Å². The lowest BCUT2D eigenvalue weighted by atomic mass is 9.52. The van der Waals surface area contributed by atoms with E-state index in [4.69, 9.17) is 14.6 Å². The first kappa shape index (κ1) is 20.2. The Labute approximate surface area is 178 Å². The second-order valence-electron chi connectivity index (χ2n) is 8.95. The van der Waals surface area contributed by atoms with Gasteiger partial charge in [0.25, 0.3) is 0 Å². The Balaban J connectivity index is 1.69. The average Bonchev–Trinajstić information content (AvgIpc) is 3.40. The number of benzene rings is 1. The molecule has 1 saturated carbocycles. The van der Waals surface area contributed by atoms with Crippen molar-refractivity contribution in [2.45, 2.75) is 43.8 Å². The van der Waals surface area contributed by atoms with Crippen molar-refractivity contribution in [2.75, 3.05) is 27.3 Å². The Morgan fingerprint density at radius 2 is 1.83 bits per heavy atom. The van der Waals surface area contributed by atoms with Gasteiger partial charge in [-0.25, -0.2) is 0 Å². The van der Waals surface area contributed by atoms with Crippen LogP contribution in [0.4, 0.5) is 0 Å². The largest absolute Gasteiger partial charge is 0.347 e. The molecular formula is C22H29N3O4S. The number of nitrogens with zero attached hydrogens (tertiary/aromatic N) is 3. The van der Waals surface area contributed by atoms with Gasteiger partial charge in [-0.15, -0.1) is 0 Å². The van der Waals surface area contributed by atoms with Gasteiger partial charge in [0.1, 0.15) is 0 Å². The van der Waals surface area contributed by atoms with Crippen LogP contribution in [0.15, 0.2) is 36.5 Å². The lowest BCUT2D eigenvalue weighted by Crippen LogP contribution is -2.56. The van der Waals surface area contributed by atoms with Crippen LogP contribution in [0, 0.1) is 11.8 Å². The summed E-state index contributed by atoms with van der Waals surface area (Å²) in [6.07, 6.45) is 5.05. The standard InChI is InChI=1S/C22H29N3O4S/c1-16-19-10-9-17-15-25(30(26,27)24(2)3)23-20(17)21(19,18-7-5-4-6-8-18)11-12-22(16)28-13-14-29-22/h4-8,15-16,19H,9-14H2,1-3H3. The van der Waals surface area contributed by atoms with Crippen LogP contribution in [-0.2, 0) is 31.5 Å². The van der Waals surface area contributed by atoms with Crippen LogP contribution in [0.1, 0.15) is 43.0 Å². The molecule has 3 unspecified atom stereocenters. The van der Waals surface area contributed by atoms with Crippen molar-refractivity contribution in [2.24, 2.45) is 11.8 Å². The molecule has 2 heterocycles. The molecule has 1 aromatic heterocycles. The zero-order valence-electron chi connectivity index (χ0n) is 17.7. The molecule has 2 fully saturated rings. The molecule has 30 heavy (non-hydrogen) atoms. The highest BCUT2D eigenvalue weighted by molar-refractivity contribution is 7.87. The summed E-state index contributed by atoms with van der Waals surface area (Å²) >= 11 is 0. The van der Waals surface area contributed by atoms with E-state index in [0.29, 0.717) is 13.2 Å². The van der Waals surface area contributed by atoms with Gasteiger partial charge in [0, 0.05) is 38.0 Å². The van der Waals surface area contributed by atoms with Gasteiger partial charge in [-0.1, -0.05) is 37.3 Å². The number of fused-ring (bicyclic) bond motifs is 3. The zero-order valence-corrected chi connectivity index (χ0v) is 18.6. The van der Waals surface area contributed by atoms with E-state index in [1.54, 1.807) is 6.20 Å². The van der Waals surface area contributed by atoms with E-state index in [9.17, 15) is 8.42 Å². The summed E-state index contributed by atoms with van der Waals surface area (Å²) in [7, 11) is -0.595. The Bertz CT molecular complexity index is 1040. The van der Waals surface area contributed by atoms with Crippen LogP contribution in [0.2, 0.25) is 0 Å². The Morgan fingerprint density at radius 1 is 1.13 bits per heavy atom. The van der Waals surface area contributed by atoms with Crippen LogP contribution in [0.5, 0.6) is 0 Å². The molecular weight excluding hydrogens is 402 g/mol. The highest BCUT2D eigenvalue weighted by atomic mass is 32.2. The normalized spacial score (nSPS) is 30.4. The fourth-order valence-electron chi connectivity index (χ4n) is 5.96. The van der Waals surface area contributed by atoms with Crippen LogP contribution in [0.3, 0.4) is 0 Å². The molecule has 3 atom stereocenters. The van der Waals surface area contributed by atoms with Crippen LogP contribution < -0.4 is 0 Å². The SMILES string of the molecule is CC1C2CCc3cn(S(=O)(=O)N(C)C)nc3C2(c2ccccc2)CCC12OCCO2. The van der Waals surface area contributed by atoms with Gasteiger partial charge in [-0.05, 0) is 36.3 Å². The number of aryl methyl sites for hydroxylation is 1. The summed E-state index contributed by atoms with van der Waals surface area (Å²) < 4.78 is 40.3. The van der Waals surface area contributed by atoms with E-state index in [-0.39, 0.29) is 17.3 Å². The molecule has 1 aromatic carbocycles. The van der Waals surface area contributed by atoms with Gasteiger partial charge in [0.2, 0.25) is 0 Å². The number of aromatic nitrogens is 2. The Hall–Kier alpha value is -1.74. The van der Waals surface area contributed by atoms with E-state index in [0.717, 1.165) is 41.0 Å². The third-order valence-electron chi connectivity index (χ3n) is 7.48. The highest BCUT2D eigenvalue weighted by Crippen LogP contribution is 2.59. The first-order valence-electron chi connectivity index (χ1n) is 10.7. The van der Waals surface area contributed by atoms with E-state index in [1.165, 1.54) is 24.0 Å². The molecule has 2 aromatic rings. The molecule has 5 rings (SSSR count). The summed E-state index contributed by atoms with van der Waals surface area (Å²) in [6, 6.07) is 10.4. The summed E-state index contributed by atoms with van der Waals surface area (Å²) in [5.41, 5.74) is 2.78. The lowest BCUT2D eigenvalue weighted by Gasteiger charge is -2.55. The molecule has 3 aliphatic rings. The molecule has 0 N–H and O–H groups in total. The lowest BCUT2D eigenvalue weighted by molar-refractivity contribution is -0.232. The second kappa shape index (κ2) is 6.88. The fraction of sp³-hybridized carbons (Fsp3) is 0.591. The van der Waals surface area contributed by atoms with Crippen LogP contribution >= 0.6 is 0 Å². The minimum Gasteiger partial charge on any atom is -0.347 e. The topological polar surface area (TPSA) is 73.7 Å². The molecule has 7 nitrogen and oxygen atoms in total. The first-order chi connectivity index (χ1) is 14.3. The van der Waals surface area contributed by atoms with E-state index in [1.807, 2.05) is 6.07 Å². The summed E-state index contributed by atoms with van der Waals surface area (Å²) in [5.74, 6) is -0.0963. The van der Waals surface area contributed by atoms with Crippen molar-refractivity contribution in [3.63, 3.8) is 0 Å². The molecule has 0 radical (unpaired) electrons. The molecule has 8 heteroatoms. The molecule has 162 valence electrons. The van der Waals surface area contributed by atoms with Gasteiger partial charge in [0.05, 0.1) is 18.9 Å². The maximum Gasteiger partial charge on any atom is 0.322 e. The molecule has 0 bridgehead atoms. The van der Waals surface area contributed by atoms with Crippen LogP contribution in [-0.4, -0.2) is 55.0 Å². The maximum absolute atomic E-state index is 12.8. The Kier molecular flexibility index (Phi) is 4.63. The van der Waals surface area contributed by atoms with Crippen molar-refractivity contribution in [3.05, 3.63) is 53.3 Å². The molecule has 0 amide bonds. The van der Waals surface area contributed by atoms with Gasteiger partial charge >= 0.3 is 10.2 Å². The minimum absolute atomic E-state index is 0.178. The molecule has 2 aliphatic carbocycles. The predicted octanol–water partition coefficient (Wildman–Crippen LogP) is 2.56. The summed E-state index contributed by atoms with van der Waals surface area (Å²) in [6.45, 7) is 3.50. The zero-order chi connectivity index (χ0) is 21.1. The third-order valence-corrected chi connectivity index (χ3v) is 9.06. The molecule has 1 aliphatic heterocycles. The second-order valence-corrected chi connectivity index (χ2v) is 10.9. The smallest absolute Gasteiger partial charge is 0.322 e. The third kappa shape index (κ3) is 2.67. The van der Waals surface area contributed by atoms with Crippen molar-refractivity contribution in [1.29, 1.82) is 0 Å². The van der Waals surface area contributed by atoms with Crippen molar-refractivity contribution in [3.8, 4) is 0 Å². The van der Waals surface area contributed by atoms with E-state index >= 15 is 0 Å². The average molecular weight is 432 g/mol. The van der Waals surface area contributed by atoms with Crippen molar-refractivity contribution >= 4 is 10.2 Å². The highest BCUT2D eigenvalue weighted by Gasteiger charge is 2.60. The van der Waals surface area contributed by atoms with Crippen LogP contribution in [0.25, 0.3) is 0 Å². The first-order valence-corrected chi connectivity index (χ1v) is 12.1. The number of hydrogen-bond acceptors (Lipinski definition) is 5. The predicted molar refractivity (Wildman–Crippen MR) is 112 cm³/mol. The number of hydrogen-bond donors (Lipinski definition) is 0. The number of ether oxygens (including phenoxy) is 2. The quantitative estimate of drug-likeness (QED) is 0.747.